The van der Waals surface area contributed by atoms with Crippen molar-refractivity contribution in [1.29, 1.82) is 0 Å². The van der Waals surface area contributed by atoms with Crippen molar-refractivity contribution in [3.05, 3.63) is 52.5 Å². The number of hydrogen-bond donors (Lipinski definition) is 1. The average molecular weight is 379 g/mol. The third-order valence-corrected chi connectivity index (χ3v) is 4.54. The van der Waals surface area contributed by atoms with E-state index in [0.717, 1.165) is 6.42 Å². The molecule has 0 unspecified atom stereocenters. The first-order chi connectivity index (χ1) is 12.0. The van der Waals surface area contributed by atoms with Crippen molar-refractivity contribution in [2.75, 3.05) is 23.4 Å². The molecule has 5 nitrogen and oxygen atoms in total. The molecule has 1 heterocycles. The molecule has 2 aromatic carbocycles. The SMILES string of the molecule is O=C(COc1ccc(Cl)c(Cl)c1)Nc1ccccc1N1CCCC1=O. The molecule has 0 aromatic heterocycles. The number of amides is 2. The number of rotatable bonds is 5. The number of carbonyl (C=O) groups is 2. The standard InChI is InChI=1S/C18H16Cl2N2O3/c19-13-8-7-12(10-14(13)20)25-11-17(23)21-15-4-1-2-5-16(15)22-9-3-6-18(22)24/h1-2,4-5,7-8,10H,3,6,9,11H2,(H,21,23). The predicted molar refractivity (Wildman–Crippen MR) is 98.6 cm³/mol. The van der Waals surface area contributed by atoms with E-state index in [2.05, 4.69) is 5.32 Å². The molecular formula is C18H16Cl2N2O3. The molecule has 2 amide bonds. The van der Waals surface area contributed by atoms with Crippen LogP contribution in [0.1, 0.15) is 12.8 Å². The summed E-state index contributed by atoms with van der Waals surface area (Å²) in [6, 6.07) is 12.0. The zero-order valence-electron chi connectivity index (χ0n) is 13.3. The molecule has 3 rings (SSSR count). The second kappa shape index (κ2) is 7.76. The highest BCUT2D eigenvalue weighted by Gasteiger charge is 2.24. The van der Waals surface area contributed by atoms with Crippen LogP contribution in [0.3, 0.4) is 0 Å². The van der Waals surface area contributed by atoms with Crippen molar-refractivity contribution in [3.8, 4) is 5.75 Å². The zero-order valence-corrected chi connectivity index (χ0v) is 14.8. The third kappa shape index (κ3) is 4.24. The summed E-state index contributed by atoms with van der Waals surface area (Å²) in [5, 5.41) is 3.57. The largest absolute Gasteiger partial charge is 0.484 e. The highest BCUT2D eigenvalue weighted by molar-refractivity contribution is 6.42. The van der Waals surface area contributed by atoms with Gasteiger partial charge in [0.1, 0.15) is 5.75 Å². The summed E-state index contributed by atoms with van der Waals surface area (Å²) < 4.78 is 5.43. The highest BCUT2D eigenvalue weighted by atomic mass is 35.5. The molecule has 1 N–H and O–H groups in total. The number of nitrogens with zero attached hydrogens (tertiary/aromatic N) is 1. The Bertz CT molecular complexity index is 811. The summed E-state index contributed by atoms with van der Waals surface area (Å²) >= 11 is 11.8. The zero-order chi connectivity index (χ0) is 17.8. The first-order valence-electron chi connectivity index (χ1n) is 7.81. The van der Waals surface area contributed by atoms with Gasteiger partial charge in [0, 0.05) is 19.0 Å². The lowest BCUT2D eigenvalue weighted by Gasteiger charge is -2.20. The fourth-order valence-corrected chi connectivity index (χ4v) is 2.91. The Hall–Kier alpha value is -2.24. The van der Waals surface area contributed by atoms with Crippen LogP contribution in [0.2, 0.25) is 10.0 Å². The maximum atomic E-state index is 12.2. The van der Waals surface area contributed by atoms with E-state index < -0.39 is 0 Å². The van der Waals surface area contributed by atoms with Crippen molar-refractivity contribution in [2.24, 2.45) is 0 Å². The summed E-state index contributed by atoms with van der Waals surface area (Å²) in [6.07, 6.45) is 1.35. The van der Waals surface area contributed by atoms with Crippen LogP contribution in [0.4, 0.5) is 11.4 Å². The smallest absolute Gasteiger partial charge is 0.262 e. The van der Waals surface area contributed by atoms with E-state index in [-0.39, 0.29) is 18.4 Å². The topological polar surface area (TPSA) is 58.6 Å². The van der Waals surface area contributed by atoms with Crippen molar-refractivity contribution in [2.45, 2.75) is 12.8 Å². The molecule has 0 atom stereocenters. The lowest BCUT2D eigenvalue weighted by molar-refractivity contribution is -0.118. The first-order valence-corrected chi connectivity index (χ1v) is 8.57. The van der Waals surface area contributed by atoms with Crippen LogP contribution in [0.25, 0.3) is 0 Å². The van der Waals surface area contributed by atoms with Gasteiger partial charge >= 0.3 is 0 Å². The van der Waals surface area contributed by atoms with E-state index in [1.165, 1.54) is 0 Å². The van der Waals surface area contributed by atoms with Gasteiger partial charge in [-0.2, -0.15) is 0 Å². The van der Waals surface area contributed by atoms with Gasteiger partial charge in [0.25, 0.3) is 5.91 Å². The minimum absolute atomic E-state index is 0.0637. The van der Waals surface area contributed by atoms with Gasteiger partial charge in [-0.3, -0.25) is 9.59 Å². The predicted octanol–water partition coefficient (Wildman–Crippen LogP) is 4.14. The Kier molecular flexibility index (Phi) is 5.46. The van der Waals surface area contributed by atoms with Gasteiger partial charge in [0.15, 0.2) is 6.61 Å². The lowest BCUT2D eigenvalue weighted by Crippen LogP contribution is -2.26. The van der Waals surface area contributed by atoms with Gasteiger partial charge in [-0.05, 0) is 30.7 Å². The van der Waals surface area contributed by atoms with Gasteiger partial charge in [-0.25, -0.2) is 0 Å². The lowest BCUT2D eigenvalue weighted by atomic mass is 10.2. The van der Waals surface area contributed by atoms with Gasteiger partial charge in [-0.1, -0.05) is 35.3 Å². The first kappa shape index (κ1) is 17.6. The molecule has 1 saturated heterocycles. The highest BCUT2D eigenvalue weighted by Crippen LogP contribution is 2.29. The Labute approximate surface area is 155 Å². The fourth-order valence-electron chi connectivity index (χ4n) is 2.62. The molecule has 0 radical (unpaired) electrons. The molecule has 2 aromatic rings. The quantitative estimate of drug-likeness (QED) is 0.850. The molecular weight excluding hydrogens is 363 g/mol. The van der Waals surface area contributed by atoms with Crippen LogP contribution in [-0.4, -0.2) is 25.0 Å². The van der Waals surface area contributed by atoms with E-state index in [1.807, 2.05) is 12.1 Å². The second-order valence-corrected chi connectivity index (χ2v) is 6.39. The van der Waals surface area contributed by atoms with E-state index in [9.17, 15) is 9.59 Å². The molecule has 0 saturated carbocycles. The Morgan fingerprint density at radius 2 is 1.96 bits per heavy atom. The minimum Gasteiger partial charge on any atom is -0.484 e. The maximum Gasteiger partial charge on any atom is 0.262 e. The number of para-hydroxylation sites is 2. The molecule has 25 heavy (non-hydrogen) atoms. The number of hydrogen-bond acceptors (Lipinski definition) is 3. The van der Waals surface area contributed by atoms with Gasteiger partial charge < -0.3 is 15.0 Å². The van der Waals surface area contributed by atoms with Crippen LogP contribution in [0, 0.1) is 0 Å². The third-order valence-electron chi connectivity index (χ3n) is 3.80. The van der Waals surface area contributed by atoms with Crippen LogP contribution in [-0.2, 0) is 9.59 Å². The van der Waals surface area contributed by atoms with E-state index in [4.69, 9.17) is 27.9 Å². The number of anilines is 2. The van der Waals surface area contributed by atoms with Crippen molar-refractivity contribution >= 4 is 46.4 Å². The molecule has 1 aliphatic heterocycles. The molecule has 1 fully saturated rings. The summed E-state index contributed by atoms with van der Waals surface area (Å²) in [4.78, 5) is 25.8. The Balaban J connectivity index is 1.65. The number of carbonyl (C=O) groups excluding carboxylic acids is 2. The molecule has 0 aliphatic carbocycles. The van der Waals surface area contributed by atoms with Crippen LogP contribution < -0.4 is 15.0 Å². The summed E-state index contributed by atoms with van der Waals surface area (Å²) in [6.45, 7) is 0.478. The number of halogens is 2. The summed E-state index contributed by atoms with van der Waals surface area (Å²) in [5.41, 5.74) is 1.29. The van der Waals surface area contributed by atoms with Gasteiger partial charge in [0.2, 0.25) is 5.91 Å². The number of nitrogens with one attached hydrogen (secondary N) is 1. The van der Waals surface area contributed by atoms with Gasteiger partial charge in [-0.15, -0.1) is 0 Å². The number of ether oxygens (including phenoxy) is 1. The fraction of sp³-hybridized carbons (Fsp3) is 0.222. The van der Waals surface area contributed by atoms with E-state index >= 15 is 0 Å². The summed E-state index contributed by atoms with van der Waals surface area (Å²) in [5.74, 6) is 0.187. The molecule has 7 heteroatoms. The van der Waals surface area contributed by atoms with Crippen LogP contribution in [0.15, 0.2) is 42.5 Å². The number of benzene rings is 2. The second-order valence-electron chi connectivity index (χ2n) is 5.58. The van der Waals surface area contributed by atoms with Crippen molar-refractivity contribution in [3.63, 3.8) is 0 Å². The minimum atomic E-state index is -0.329. The van der Waals surface area contributed by atoms with Crippen LogP contribution in [0.5, 0.6) is 5.75 Å². The van der Waals surface area contributed by atoms with Gasteiger partial charge in [0.05, 0.1) is 21.4 Å². The maximum absolute atomic E-state index is 12.2. The van der Waals surface area contributed by atoms with Crippen LogP contribution >= 0.6 is 23.2 Å². The van der Waals surface area contributed by atoms with Crippen molar-refractivity contribution < 1.29 is 14.3 Å². The monoisotopic (exact) mass is 378 g/mol. The molecule has 0 bridgehead atoms. The van der Waals surface area contributed by atoms with E-state index in [0.29, 0.717) is 40.1 Å². The molecule has 130 valence electrons. The summed E-state index contributed by atoms with van der Waals surface area (Å²) in [7, 11) is 0. The molecule has 0 spiro atoms. The van der Waals surface area contributed by atoms with Crippen molar-refractivity contribution in [1.82, 2.24) is 0 Å². The average Bonchev–Trinajstić information content (AvgIpc) is 3.02. The Morgan fingerprint density at radius 1 is 1.16 bits per heavy atom. The van der Waals surface area contributed by atoms with E-state index in [1.54, 1.807) is 35.2 Å². The Morgan fingerprint density at radius 3 is 2.68 bits per heavy atom. The molecule has 1 aliphatic rings. The normalized spacial score (nSPS) is 13.8.